The number of methoxy groups -OCH3 is 2. The van der Waals surface area contributed by atoms with Crippen molar-refractivity contribution in [1.82, 2.24) is 15.0 Å². The predicted molar refractivity (Wildman–Crippen MR) is 115 cm³/mol. The zero-order valence-electron chi connectivity index (χ0n) is 16.2. The quantitative estimate of drug-likeness (QED) is 0.334. The van der Waals surface area contributed by atoms with Crippen molar-refractivity contribution in [2.24, 2.45) is 0 Å². The molecule has 0 spiro atoms. The van der Waals surface area contributed by atoms with Gasteiger partial charge in [-0.2, -0.15) is 0 Å². The lowest BCUT2D eigenvalue weighted by Crippen LogP contribution is -2.02. The zero-order chi connectivity index (χ0) is 20.1. The number of aromatic nitrogens is 3. The number of hydrogen-bond acceptors (Lipinski definition) is 6. The molecule has 29 heavy (non-hydrogen) atoms. The third-order valence-electron chi connectivity index (χ3n) is 4.37. The van der Waals surface area contributed by atoms with Crippen LogP contribution in [0.5, 0.6) is 17.2 Å². The van der Waals surface area contributed by atoms with Gasteiger partial charge in [-0.15, -0.1) is 11.8 Å². The number of rotatable bonds is 8. The highest BCUT2D eigenvalue weighted by Gasteiger charge is 2.13. The first-order chi connectivity index (χ1) is 14.3. The molecule has 0 bridgehead atoms. The monoisotopic (exact) mass is 407 g/mol. The fourth-order valence-electron chi connectivity index (χ4n) is 2.96. The topological polar surface area (TPSA) is 69.3 Å². The number of para-hydroxylation sites is 1. The molecule has 2 aromatic carbocycles. The molecule has 2 aromatic heterocycles. The van der Waals surface area contributed by atoms with Crippen LogP contribution in [-0.4, -0.2) is 41.5 Å². The molecular formula is C22H21N3O3S. The van der Waals surface area contributed by atoms with E-state index in [9.17, 15) is 0 Å². The van der Waals surface area contributed by atoms with Crippen LogP contribution in [0, 0.1) is 0 Å². The van der Waals surface area contributed by atoms with Gasteiger partial charge in [-0.1, -0.05) is 12.1 Å². The average molecular weight is 407 g/mol. The molecule has 2 heterocycles. The highest BCUT2D eigenvalue weighted by molar-refractivity contribution is 7.99. The van der Waals surface area contributed by atoms with Gasteiger partial charge >= 0.3 is 0 Å². The van der Waals surface area contributed by atoms with Crippen LogP contribution in [0.15, 0.2) is 65.7 Å². The number of nitrogens with zero attached hydrogens (tertiary/aromatic N) is 2. The van der Waals surface area contributed by atoms with Crippen molar-refractivity contribution in [3.05, 3.63) is 60.8 Å². The number of nitrogens with one attached hydrogen (secondary N) is 1. The molecule has 1 N–H and O–H groups in total. The number of hydrogen-bond donors (Lipinski definition) is 1. The number of imidazole rings is 1. The van der Waals surface area contributed by atoms with E-state index in [2.05, 4.69) is 15.0 Å². The Balaban J connectivity index is 1.51. The number of benzene rings is 2. The molecule has 0 aliphatic rings. The van der Waals surface area contributed by atoms with E-state index in [1.165, 1.54) is 0 Å². The molecule has 6 nitrogen and oxygen atoms in total. The van der Waals surface area contributed by atoms with Gasteiger partial charge < -0.3 is 19.2 Å². The molecule has 0 atom stereocenters. The molecule has 0 unspecified atom stereocenters. The van der Waals surface area contributed by atoms with Crippen molar-refractivity contribution in [2.45, 2.75) is 4.90 Å². The van der Waals surface area contributed by atoms with E-state index in [-0.39, 0.29) is 0 Å². The van der Waals surface area contributed by atoms with Gasteiger partial charge in [0.1, 0.15) is 23.1 Å². The molecular weight excluding hydrogens is 386 g/mol. The van der Waals surface area contributed by atoms with Crippen LogP contribution in [0.25, 0.3) is 22.6 Å². The molecule has 7 heteroatoms. The second-order valence-corrected chi connectivity index (χ2v) is 7.31. The van der Waals surface area contributed by atoms with E-state index in [0.29, 0.717) is 23.8 Å². The van der Waals surface area contributed by atoms with Crippen molar-refractivity contribution in [1.29, 1.82) is 0 Å². The smallest absolute Gasteiger partial charge is 0.178 e. The maximum Gasteiger partial charge on any atom is 0.178 e. The number of thioether (sulfide) groups is 1. The maximum atomic E-state index is 6.10. The molecule has 0 amide bonds. The Hall–Kier alpha value is -3.19. The Kier molecular flexibility index (Phi) is 5.86. The lowest BCUT2D eigenvalue weighted by atomic mass is 10.2. The molecule has 148 valence electrons. The molecule has 0 saturated heterocycles. The van der Waals surface area contributed by atoms with Gasteiger partial charge in [-0.05, 0) is 36.4 Å². The first-order valence-electron chi connectivity index (χ1n) is 9.16. The van der Waals surface area contributed by atoms with E-state index in [1.807, 2.05) is 54.6 Å². The predicted octanol–water partition coefficient (Wildman–Crippen LogP) is 4.81. The van der Waals surface area contributed by atoms with Crippen molar-refractivity contribution in [3.8, 4) is 28.6 Å². The van der Waals surface area contributed by atoms with Gasteiger partial charge in [0, 0.05) is 22.9 Å². The summed E-state index contributed by atoms with van der Waals surface area (Å²) in [7, 11) is 3.32. The van der Waals surface area contributed by atoms with Crippen molar-refractivity contribution < 1.29 is 14.2 Å². The third-order valence-corrected chi connectivity index (χ3v) is 5.39. The van der Waals surface area contributed by atoms with Crippen LogP contribution in [-0.2, 0) is 0 Å². The van der Waals surface area contributed by atoms with Crippen molar-refractivity contribution in [2.75, 3.05) is 26.6 Å². The molecule has 0 aliphatic heterocycles. The lowest BCUT2D eigenvalue weighted by molar-refractivity contribution is 0.340. The fourth-order valence-corrected chi connectivity index (χ4v) is 3.81. The first kappa shape index (κ1) is 19.1. The molecule has 0 saturated carbocycles. The molecule has 0 aliphatic carbocycles. The zero-order valence-corrected chi connectivity index (χ0v) is 17.0. The van der Waals surface area contributed by atoms with Gasteiger partial charge in [-0.3, -0.25) is 0 Å². The highest BCUT2D eigenvalue weighted by atomic mass is 32.2. The van der Waals surface area contributed by atoms with Gasteiger partial charge in [-0.25, -0.2) is 9.97 Å². The lowest BCUT2D eigenvalue weighted by Gasteiger charge is -2.12. The molecule has 4 rings (SSSR count). The summed E-state index contributed by atoms with van der Waals surface area (Å²) in [5.41, 5.74) is 2.43. The van der Waals surface area contributed by atoms with Crippen LogP contribution in [0.1, 0.15) is 0 Å². The number of aromatic amines is 1. The number of fused-ring (bicyclic) bond motifs is 1. The Bertz CT molecular complexity index is 1080. The van der Waals surface area contributed by atoms with E-state index in [0.717, 1.165) is 33.2 Å². The van der Waals surface area contributed by atoms with Gasteiger partial charge in [0.2, 0.25) is 0 Å². The van der Waals surface area contributed by atoms with E-state index in [4.69, 9.17) is 14.2 Å². The molecule has 0 fully saturated rings. The van der Waals surface area contributed by atoms with Crippen LogP contribution in [0.2, 0.25) is 0 Å². The van der Waals surface area contributed by atoms with Gasteiger partial charge in [0.05, 0.1) is 31.9 Å². The van der Waals surface area contributed by atoms with Crippen molar-refractivity contribution >= 4 is 22.9 Å². The van der Waals surface area contributed by atoms with Crippen molar-refractivity contribution in [3.63, 3.8) is 0 Å². The SMILES string of the molecule is COc1ccc(-c2nc3ncccc3[nH]2)c(OCCSc2ccccc2OC)c1. The fraction of sp³-hybridized carbons (Fsp3) is 0.182. The summed E-state index contributed by atoms with van der Waals surface area (Å²) in [5.74, 6) is 3.81. The van der Waals surface area contributed by atoms with Crippen LogP contribution in [0.4, 0.5) is 0 Å². The summed E-state index contributed by atoms with van der Waals surface area (Å²) in [6.07, 6.45) is 1.73. The number of ether oxygens (including phenoxy) is 3. The van der Waals surface area contributed by atoms with E-state index >= 15 is 0 Å². The highest BCUT2D eigenvalue weighted by Crippen LogP contribution is 2.33. The van der Waals surface area contributed by atoms with Crippen LogP contribution in [0.3, 0.4) is 0 Å². The van der Waals surface area contributed by atoms with E-state index in [1.54, 1.807) is 32.2 Å². The first-order valence-corrected chi connectivity index (χ1v) is 10.1. The third kappa shape index (κ3) is 4.30. The van der Waals surface area contributed by atoms with Crippen LogP contribution >= 0.6 is 11.8 Å². The Labute approximate surface area is 173 Å². The minimum absolute atomic E-state index is 0.529. The normalized spacial score (nSPS) is 10.8. The summed E-state index contributed by atoms with van der Waals surface area (Å²) >= 11 is 1.69. The Morgan fingerprint density at radius 1 is 0.966 bits per heavy atom. The minimum Gasteiger partial charge on any atom is -0.497 e. The van der Waals surface area contributed by atoms with Gasteiger partial charge in [0.15, 0.2) is 5.65 Å². The summed E-state index contributed by atoms with van der Waals surface area (Å²) < 4.78 is 16.9. The minimum atomic E-state index is 0.529. The summed E-state index contributed by atoms with van der Waals surface area (Å²) in [6, 6.07) is 17.5. The summed E-state index contributed by atoms with van der Waals surface area (Å²) in [6.45, 7) is 0.529. The summed E-state index contributed by atoms with van der Waals surface area (Å²) in [5, 5.41) is 0. The second kappa shape index (κ2) is 8.87. The summed E-state index contributed by atoms with van der Waals surface area (Å²) in [4.78, 5) is 13.3. The average Bonchev–Trinajstić information content (AvgIpc) is 3.21. The van der Waals surface area contributed by atoms with E-state index < -0.39 is 0 Å². The molecule has 4 aromatic rings. The largest absolute Gasteiger partial charge is 0.497 e. The van der Waals surface area contributed by atoms with Gasteiger partial charge in [0.25, 0.3) is 0 Å². The standard InChI is InChI=1S/C22H21N3O3S/c1-26-15-9-10-16(21-24-17-6-5-11-23-22(17)25-21)19(14-15)28-12-13-29-20-8-4-3-7-18(20)27-2/h3-11,14H,12-13H2,1-2H3,(H,23,24,25). The second-order valence-electron chi connectivity index (χ2n) is 6.17. The Morgan fingerprint density at radius 2 is 1.86 bits per heavy atom. The Morgan fingerprint density at radius 3 is 2.69 bits per heavy atom. The number of pyridine rings is 1. The maximum absolute atomic E-state index is 6.10. The van der Waals surface area contributed by atoms with Crippen LogP contribution < -0.4 is 14.2 Å². The molecule has 0 radical (unpaired) electrons. The number of H-pyrrole nitrogens is 1.